The number of benzene rings is 1. The van der Waals surface area contributed by atoms with Gasteiger partial charge in [0.2, 0.25) is 5.91 Å². The molecule has 0 bridgehead atoms. The van der Waals surface area contributed by atoms with Gasteiger partial charge in [0.1, 0.15) is 0 Å². The third kappa shape index (κ3) is 6.16. The van der Waals surface area contributed by atoms with Crippen molar-refractivity contribution in [3.63, 3.8) is 0 Å². The smallest absolute Gasteiger partial charge is 0.238 e. The number of anilines is 1. The van der Waals surface area contributed by atoms with Gasteiger partial charge in [0.05, 0.1) is 12.1 Å². The van der Waals surface area contributed by atoms with Crippen molar-refractivity contribution in [3.8, 4) is 0 Å². The highest BCUT2D eigenvalue weighted by Gasteiger charge is 2.21. The fourth-order valence-corrected chi connectivity index (χ4v) is 2.47. The second-order valence-electron chi connectivity index (χ2n) is 7.46. The summed E-state index contributed by atoms with van der Waals surface area (Å²) >= 11 is 0. The molecule has 1 aromatic carbocycles. The highest BCUT2D eigenvalue weighted by Crippen LogP contribution is 2.29. The molecule has 1 amide bonds. The van der Waals surface area contributed by atoms with Crippen LogP contribution in [0.1, 0.15) is 47.1 Å². The van der Waals surface area contributed by atoms with E-state index in [0.717, 1.165) is 17.8 Å². The standard InChI is InChI=1S/C18H30N2O2/c1-7-20(13-18(5,6)22)12-16(21)19-15-11-9-8-10-14(15)17(2,3)4/h8-11,22H,7,12-13H2,1-6H3,(H,19,21). The largest absolute Gasteiger partial charge is 0.389 e. The second-order valence-corrected chi connectivity index (χ2v) is 7.46. The molecule has 1 aromatic rings. The van der Waals surface area contributed by atoms with Crippen LogP contribution in [0.25, 0.3) is 0 Å². The number of hydrogen-bond acceptors (Lipinski definition) is 3. The molecule has 22 heavy (non-hydrogen) atoms. The summed E-state index contributed by atoms with van der Waals surface area (Å²) in [6.07, 6.45) is 0. The van der Waals surface area contributed by atoms with Gasteiger partial charge in [0.25, 0.3) is 0 Å². The molecule has 1 rings (SSSR count). The van der Waals surface area contributed by atoms with Gasteiger partial charge in [0.15, 0.2) is 0 Å². The molecule has 4 nitrogen and oxygen atoms in total. The van der Waals surface area contributed by atoms with E-state index in [1.807, 2.05) is 36.1 Å². The molecule has 0 aliphatic carbocycles. The van der Waals surface area contributed by atoms with E-state index in [0.29, 0.717) is 6.54 Å². The number of likely N-dealkylation sites (N-methyl/N-ethyl adjacent to an activating group) is 1. The monoisotopic (exact) mass is 306 g/mol. The van der Waals surface area contributed by atoms with Crippen LogP contribution in [0.2, 0.25) is 0 Å². The van der Waals surface area contributed by atoms with E-state index in [9.17, 15) is 9.90 Å². The van der Waals surface area contributed by atoms with E-state index in [1.165, 1.54) is 0 Å². The van der Waals surface area contributed by atoms with Gasteiger partial charge < -0.3 is 10.4 Å². The van der Waals surface area contributed by atoms with Gasteiger partial charge >= 0.3 is 0 Å². The summed E-state index contributed by atoms with van der Waals surface area (Å²) in [6, 6.07) is 7.90. The summed E-state index contributed by atoms with van der Waals surface area (Å²) in [7, 11) is 0. The Hall–Kier alpha value is -1.39. The first-order chi connectivity index (χ1) is 10.0. The first-order valence-corrected chi connectivity index (χ1v) is 7.87. The van der Waals surface area contributed by atoms with E-state index in [-0.39, 0.29) is 17.9 Å². The minimum absolute atomic E-state index is 0.0264. The number of rotatable bonds is 6. The molecule has 4 heteroatoms. The second kappa shape index (κ2) is 7.25. The summed E-state index contributed by atoms with van der Waals surface area (Å²) in [5.74, 6) is -0.0530. The third-order valence-electron chi connectivity index (χ3n) is 3.43. The average Bonchev–Trinajstić information content (AvgIpc) is 2.35. The highest BCUT2D eigenvalue weighted by molar-refractivity contribution is 5.93. The Bertz CT molecular complexity index is 499. The maximum atomic E-state index is 12.3. The van der Waals surface area contributed by atoms with Gasteiger partial charge in [-0.1, -0.05) is 45.9 Å². The number of aliphatic hydroxyl groups is 1. The zero-order chi connectivity index (χ0) is 17.0. The molecule has 0 unspecified atom stereocenters. The van der Waals surface area contributed by atoms with Gasteiger partial charge in [-0.25, -0.2) is 0 Å². The number of nitrogens with one attached hydrogen (secondary N) is 1. The van der Waals surface area contributed by atoms with Crippen molar-refractivity contribution in [2.45, 2.75) is 52.6 Å². The summed E-state index contributed by atoms with van der Waals surface area (Å²) in [5.41, 5.74) is 1.15. The van der Waals surface area contributed by atoms with E-state index in [2.05, 4.69) is 26.1 Å². The maximum absolute atomic E-state index is 12.3. The minimum atomic E-state index is -0.806. The van der Waals surface area contributed by atoms with Crippen LogP contribution in [-0.4, -0.2) is 41.1 Å². The normalized spacial score (nSPS) is 12.5. The highest BCUT2D eigenvalue weighted by atomic mass is 16.3. The van der Waals surface area contributed by atoms with E-state index in [1.54, 1.807) is 13.8 Å². The number of carbonyl (C=O) groups is 1. The quantitative estimate of drug-likeness (QED) is 0.849. The lowest BCUT2D eigenvalue weighted by molar-refractivity contribution is -0.117. The molecule has 0 radical (unpaired) electrons. The number of para-hydroxylation sites is 1. The number of amides is 1. The Labute approximate surface area is 134 Å². The Kier molecular flexibility index (Phi) is 6.15. The number of nitrogens with zero attached hydrogens (tertiary/aromatic N) is 1. The van der Waals surface area contributed by atoms with Crippen LogP contribution in [-0.2, 0) is 10.2 Å². The van der Waals surface area contributed by atoms with Gasteiger partial charge in [0, 0.05) is 12.2 Å². The molecule has 0 aromatic heterocycles. The first-order valence-electron chi connectivity index (χ1n) is 7.87. The summed E-state index contributed by atoms with van der Waals surface area (Å²) in [5, 5.41) is 12.9. The molecule has 0 saturated carbocycles. The molecule has 0 spiro atoms. The van der Waals surface area contributed by atoms with Crippen LogP contribution in [0.4, 0.5) is 5.69 Å². The molecule has 0 saturated heterocycles. The Balaban J connectivity index is 2.77. The molecule has 2 N–H and O–H groups in total. The Morgan fingerprint density at radius 3 is 2.27 bits per heavy atom. The maximum Gasteiger partial charge on any atom is 0.238 e. The van der Waals surface area contributed by atoms with E-state index < -0.39 is 5.60 Å². The van der Waals surface area contributed by atoms with Crippen molar-refractivity contribution < 1.29 is 9.90 Å². The summed E-state index contributed by atoms with van der Waals surface area (Å²) in [4.78, 5) is 14.3. The third-order valence-corrected chi connectivity index (χ3v) is 3.43. The van der Waals surface area contributed by atoms with Crippen LogP contribution in [0, 0.1) is 0 Å². The van der Waals surface area contributed by atoms with Crippen LogP contribution < -0.4 is 5.32 Å². The molecule has 0 heterocycles. The molecule has 0 fully saturated rings. The van der Waals surface area contributed by atoms with Crippen molar-refractivity contribution in [2.75, 3.05) is 25.0 Å². The topological polar surface area (TPSA) is 52.6 Å². The van der Waals surface area contributed by atoms with Crippen LogP contribution in [0.3, 0.4) is 0 Å². The minimum Gasteiger partial charge on any atom is -0.389 e. The lowest BCUT2D eigenvalue weighted by atomic mass is 9.86. The SMILES string of the molecule is CCN(CC(=O)Nc1ccccc1C(C)(C)C)CC(C)(C)O. The zero-order valence-corrected chi connectivity index (χ0v) is 14.7. The van der Waals surface area contributed by atoms with E-state index >= 15 is 0 Å². The predicted molar refractivity (Wildman–Crippen MR) is 92.2 cm³/mol. The average molecular weight is 306 g/mol. The van der Waals surface area contributed by atoms with Crippen molar-refractivity contribution in [2.24, 2.45) is 0 Å². The van der Waals surface area contributed by atoms with E-state index in [4.69, 9.17) is 0 Å². The lowest BCUT2D eigenvalue weighted by Gasteiger charge is -2.28. The zero-order valence-electron chi connectivity index (χ0n) is 14.7. The van der Waals surface area contributed by atoms with Gasteiger partial charge in [-0.3, -0.25) is 9.69 Å². The molecule has 124 valence electrons. The van der Waals surface area contributed by atoms with Gasteiger partial charge in [-0.15, -0.1) is 0 Å². The lowest BCUT2D eigenvalue weighted by Crippen LogP contribution is -2.42. The first kappa shape index (κ1) is 18.7. The van der Waals surface area contributed by atoms with Gasteiger partial charge in [-0.05, 0) is 37.4 Å². The predicted octanol–water partition coefficient (Wildman–Crippen LogP) is 3.02. The summed E-state index contributed by atoms with van der Waals surface area (Å²) < 4.78 is 0. The summed E-state index contributed by atoms with van der Waals surface area (Å²) in [6.45, 7) is 13.3. The van der Waals surface area contributed by atoms with Crippen LogP contribution in [0.5, 0.6) is 0 Å². The molecule has 0 aliphatic heterocycles. The van der Waals surface area contributed by atoms with Gasteiger partial charge in [-0.2, -0.15) is 0 Å². The van der Waals surface area contributed by atoms with Crippen LogP contribution in [0.15, 0.2) is 24.3 Å². The Morgan fingerprint density at radius 1 is 1.18 bits per heavy atom. The fraction of sp³-hybridized carbons (Fsp3) is 0.611. The Morgan fingerprint density at radius 2 is 1.77 bits per heavy atom. The van der Waals surface area contributed by atoms with Crippen molar-refractivity contribution >= 4 is 11.6 Å². The molecular formula is C18H30N2O2. The number of hydrogen-bond donors (Lipinski definition) is 2. The molecular weight excluding hydrogens is 276 g/mol. The van der Waals surface area contributed by atoms with Crippen molar-refractivity contribution in [1.29, 1.82) is 0 Å². The molecule has 0 aliphatic rings. The van der Waals surface area contributed by atoms with Crippen LogP contribution >= 0.6 is 0 Å². The number of carbonyl (C=O) groups excluding carboxylic acids is 1. The molecule has 0 atom stereocenters. The fourth-order valence-electron chi connectivity index (χ4n) is 2.47. The van der Waals surface area contributed by atoms with Crippen molar-refractivity contribution in [3.05, 3.63) is 29.8 Å². The van der Waals surface area contributed by atoms with Crippen molar-refractivity contribution in [1.82, 2.24) is 4.90 Å².